The fourth-order valence-corrected chi connectivity index (χ4v) is 5.89. The van der Waals surface area contributed by atoms with Crippen molar-refractivity contribution in [2.45, 2.75) is 18.7 Å². The lowest BCUT2D eigenvalue weighted by Gasteiger charge is -2.11. The largest absolute Gasteiger partial charge is 0.461 e. The molecule has 5 nitrogen and oxygen atoms in total. The molecule has 140 valence electrons. The maximum absolute atomic E-state index is 12.4. The van der Waals surface area contributed by atoms with E-state index in [0.29, 0.717) is 11.1 Å². The van der Waals surface area contributed by atoms with E-state index in [1.165, 1.54) is 0 Å². The first-order valence-electron chi connectivity index (χ1n) is 7.50. The van der Waals surface area contributed by atoms with Crippen molar-refractivity contribution >= 4 is 83.8 Å². The number of halogens is 3. The lowest BCUT2D eigenvalue weighted by Crippen LogP contribution is -2.29. The third-order valence-corrected chi connectivity index (χ3v) is 8.75. The van der Waals surface area contributed by atoms with Crippen molar-refractivity contribution in [2.24, 2.45) is 0 Å². The molecular formula is C17H16I3NO4S. The van der Waals surface area contributed by atoms with E-state index >= 15 is 0 Å². The summed E-state index contributed by atoms with van der Waals surface area (Å²) < 4.78 is 35.2. The lowest BCUT2D eigenvalue weighted by atomic mass is 10.2. The summed E-state index contributed by atoms with van der Waals surface area (Å²) in [7, 11) is -3.64. The summed E-state index contributed by atoms with van der Waals surface area (Å²) in [4.78, 5) is 12.5. The van der Waals surface area contributed by atoms with Gasteiger partial charge in [0.1, 0.15) is 6.61 Å². The number of ether oxygens (including phenoxy) is 1. The van der Waals surface area contributed by atoms with E-state index in [2.05, 4.69) is 72.5 Å². The first kappa shape index (κ1) is 22.3. The molecule has 0 aliphatic carbocycles. The second kappa shape index (κ2) is 9.47. The average molecular weight is 711 g/mol. The zero-order valence-electron chi connectivity index (χ0n) is 14.0. The summed E-state index contributed by atoms with van der Waals surface area (Å²) in [5, 5.41) is 0. The molecule has 0 saturated heterocycles. The number of aryl methyl sites for hydroxylation is 2. The lowest BCUT2D eigenvalue weighted by molar-refractivity contribution is 0.0511. The van der Waals surface area contributed by atoms with Crippen LogP contribution >= 0.6 is 67.8 Å². The van der Waals surface area contributed by atoms with Gasteiger partial charge in [-0.3, -0.25) is 0 Å². The molecule has 0 aliphatic heterocycles. The quantitative estimate of drug-likeness (QED) is 0.211. The molecule has 0 radical (unpaired) electrons. The summed E-state index contributed by atoms with van der Waals surface area (Å²) in [6, 6.07) is 8.87. The van der Waals surface area contributed by atoms with Gasteiger partial charge >= 0.3 is 5.97 Å². The van der Waals surface area contributed by atoms with Crippen LogP contribution in [0.25, 0.3) is 0 Å². The van der Waals surface area contributed by atoms with Crippen molar-refractivity contribution in [2.75, 3.05) is 13.2 Å². The van der Waals surface area contributed by atoms with Crippen molar-refractivity contribution in [3.8, 4) is 0 Å². The fourth-order valence-electron chi connectivity index (χ4n) is 2.28. The maximum Gasteiger partial charge on any atom is 0.339 e. The Morgan fingerprint density at radius 2 is 1.81 bits per heavy atom. The molecule has 0 fully saturated rings. The third-order valence-electron chi connectivity index (χ3n) is 3.46. The number of esters is 1. The van der Waals surface area contributed by atoms with Gasteiger partial charge in [-0.15, -0.1) is 0 Å². The molecule has 26 heavy (non-hydrogen) atoms. The molecule has 0 spiro atoms. The van der Waals surface area contributed by atoms with Crippen LogP contribution < -0.4 is 4.72 Å². The Balaban J connectivity index is 1.97. The Morgan fingerprint density at radius 3 is 2.46 bits per heavy atom. The zero-order valence-corrected chi connectivity index (χ0v) is 21.3. The minimum atomic E-state index is -3.64. The number of carbonyl (C=O) groups is 1. The van der Waals surface area contributed by atoms with E-state index in [4.69, 9.17) is 4.74 Å². The van der Waals surface area contributed by atoms with E-state index in [1.807, 2.05) is 19.1 Å². The molecule has 9 heteroatoms. The summed E-state index contributed by atoms with van der Waals surface area (Å²) in [6.45, 7) is 3.63. The van der Waals surface area contributed by atoms with E-state index in [1.54, 1.807) is 25.1 Å². The Kier molecular flexibility index (Phi) is 8.13. The van der Waals surface area contributed by atoms with Crippen molar-refractivity contribution in [1.29, 1.82) is 0 Å². The minimum Gasteiger partial charge on any atom is -0.461 e. The normalized spacial score (nSPS) is 11.4. The third kappa shape index (κ3) is 5.75. The van der Waals surface area contributed by atoms with Crippen LogP contribution in [0.1, 0.15) is 21.5 Å². The van der Waals surface area contributed by atoms with Crippen LogP contribution in [-0.2, 0) is 14.8 Å². The molecule has 2 rings (SSSR count). The van der Waals surface area contributed by atoms with Gasteiger partial charge in [-0.25, -0.2) is 17.9 Å². The zero-order chi connectivity index (χ0) is 19.5. The molecule has 0 heterocycles. The SMILES string of the molecule is Cc1ccc(S(=O)(=O)NCCOC(=O)c2cc(I)cc(I)c2I)c(C)c1. The van der Waals surface area contributed by atoms with Gasteiger partial charge in [-0.1, -0.05) is 17.7 Å². The minimum absolute atomic E-state index is 0.0129. The number of hydrogen-bond donors (Lipinski definition) is 1. The van der Waals surface area contributed by atoms with Crippen LogP contribution in [0.15, 0.2) is 35.2 Å². The van der Waals surface area contributed by atoms with E-state index < -0.39 is 16.0 Å². The maximum atomic E-state index is 12.4. The first-order chi connectivity index (χ1) is 12.1. The number of carbonyl (C=O) groups excluding carboxylic acids is 1. The number of hydrogen-bond acceptors (Lipinski definition) is 4. The van der Waals surface area contributed by atoms with Crippen LogP contribution in [0.4, 0.5) is 0 Å². The van der Waals surface area contributed by atoms with Crippen LogP contribution in [0, 0.1) is 24.6 Å². The molecule has 0 amide bonds. The van der Waals surface area contributed by atoms with Crippen molar-refractivity contribution in [3.63, 3.8) is 0 Å². The molecule has 0 saturated carbocycles. The van der Waals surface area contributed by atoms with Crippen molar-refractivity contribution in [3.05, 3.63) is 57.7 Å². The van der Waals surface area contributed by atoms with Gasteiger partial charge in [0.2, 0.25) is 10.0 Å². The second-order valence-corrected chi connectivity index (χ2v) is 10.8. The Hall–Kier alpha value is 0.0100. The topological polar surface area (TPSA) is 72.5 Å². The van der Waals surface area contributed by atoms with Crippen molar-refractivity contribution < 1.29 is 17.9 Å². The smallest absolute Gasteiger partial charge is 0.339 e. The predicted octanol–water partition coefficient (Wildman–Crippen LogP) is 4.25. The highest BCUT2D eigenvalue weighted by Crippen LogP contribution is 2.23. The molecule has 2 aromatic rings. The van der Waals surface area contributed by atoms with Crippen LogP contribution in [0.2, 0.25) is 0 Å². The highest BCUT2D eigenvalue weighted by atomic mass is 127. The molecule has 2 aromatic carbocycles. The van der Waals surface area contributed by atoms with Gasteiger partial charge in [-0.05, 0) is 105 Å². The van der Waals surface area contributed by atoms with E-state index in [-0.39, 0.29) is 18.0 Å². The summed E-state index contributed by atoms with van der Waals surface area (Å²) in [6.07, 6.45) is 0. The Morgan fingerprint density at radius 1 is 1.12 bits per heavy atom. The van der Waals surface area contributed by atoms with Crippen LogP contribution in [-0.4, -0.2) is 27.5 Å². The summed E-state index contributed by atoms with van der Waals surface area (Å²) in [5.41, 5.74) is 2.16. The van der Waals surface area contributed by atoms with Gasteiger partial charge in [0.15, 0.2) is 0 Å². The fraction of sp³-hybridized carbons (Fsp3) is 0.235. The highest BCUT2D eigenvalue weighted by molar-refractivity contribution is 14.1. The molecule has 0 atom stereocenters. The van der Waals surface area contributed by atoms with Gasteiger partial charge in [0.25, 0.3) is 0 Å². The molecule has 0 bridgehead atoms. The van der Waals surface area contributed by atoms with E-state index in [9.17, 15) is 13.2 Å². The van der Waals surface area contributed by atoms with E-state index in [0.717, 1.165) is 16.3 Å². The number of nitrogens with one attached hydrogen (secondary N) is 1. The van der Waals surface area contributed by atoms with Gasteiger partial charge < -0.3 is 4.74 Å². The number of benzene rings is 2. The molecule has 0 unspecified atom stereocenters. The number of sulfonamides is 1. The summed E-state index contributed by atoms with van der Waals surface area (Å²) in [5.74, 6) is -0.462. The Bertz CT molecular complexity index is 945. The van der Waals surface area contributed by atoms with Crippen LogP contribution in [0.3, 0.4) is 0 Å². The monoisotopic (exact) mass is 711 g/mol. The molecule has 1 N–H and O–H groups in total. The predicted molar refractivity (Wildman–Crippen MR) is 126 cm³/mol. The van der Waals surface area contributed by atoms with Gasteiger partial charge in [0.05, 0.1) is 10.5 Å². The van der Waals surface area contributed by atoms with Gasteiger partial charge in [-0.2, -0.15) is 0 Å². The second-order valence-electron chi connectivity index (χ2n) is 5.55. The van der Waals surface area contributed by atoms with Crippen LogP contribution in [0.5, 0.6) is 0 Å². The average Bonchev–Trinajstić information content (AvgIpc) is 2.54. The summed E-state index contributed by atoms with van der Waals surface area (Å²) >= 11 is 6.41. The standard InChI is InChI=1S/C17H16I3NO4S/c1-10-3-4-15(11(2)7-10)26(23,24)21-5-6-25-17(22)13-8-12(18)9-14(19)16(13)20/h3-4,7-9,21H,5-6H2,1-2H3. The first-order valence-corrected chi connectivity index (χ1v) is 12.2. The number of rotatable bonds is 6. The molecule has 0 aliphatic rings. The van der Waals surface area contributed by atoms with Crippen molar-refractivity contribution in [1.82, 2.24) is 4.72 Å². The molecule has 0 aromatic heterocycles. The molecular weight excluding hydrogens is 695 g/mol. The van der Waals surface area contributed by atoms with Gasteiger partial charge in [0, 0.05) is 17.3 Å². The Labute approximate surface area is 194 Å². The highest BCUT2D eigenvalue weighted by Gasteiger charge is 2.18.